The first kappa shape index (κ1) is 14.4. The van der Waals surface area contributed by atoms with E-state index in [0.717, 1.165) is 26.9 Å². The fourth-order valence-electron chi connectivity index (χ4n) is 2.74. The fraction of sp³-hybridized carbons (Fsp3) is 0.294. The van der Waals surface area contributed by atoms with Gasteiger partial charge in [0.05, 0.1) is 25.7 Å². The number of rotatable bonds is 3. The van der Waals surface area contributed by atoms with E-state index in [1.807, 2.05) is 43.3 Å². The summed E-state index contributed by atoms with van der Waals surface area (Å²) in [6.07, 6.45) is -0.666. The van der Waals surface area contributed by atoms with E-state index in [2.05, 4.69) is 15.9 Å². The molecular weight excluding hydrogens is 332 g/mol. The predicted octanol–water partition coefficient (Wildman–Crippen LogP) is 3.98. The van der Waals surface area contributed by atoms with E-state index < -0.39 is 6.10 Å². The van der Waals surface area contributed by atoms with Gasteiger partial charge in [-0.05, 0) is 30.7 Å². The average Bonchev–Trinajstić information content (AvgIpc) is 2.92. The summed E-state index contributed by atoms with van der Waals surface area (Å²) in [6, 6.07) is 11.7. The predicted molar refractivity (Wildman–Crippen MR) is 85.1 cm³/mol. The summed E-state index contributed by atoms with van der Waals surface area (Å²) in [5, 5.41) is 10.8. The summed E-state index contributed by atoms with van der Waals surface area (Å²) < 4.78 is 12.1. The first-order valence-electron chi connectivity index (χ1n) is 6.85. The van der Waals surface area contributed by atoms with Crippen LogP contribution in [0.1, 0.15) is 28.7 Å². The number of ether oxygens (including phenoxy) is 2. The molecule has 21 heavy (non-hydrogen) atoms. The van der Waals surface area contributed by atoms with Gasteiger partial charge >= 0.3 is 0 Å². The Morgan fingerprint density at radius 1 is 1.33 bits per heavy atom. The van der Waals surface area contributed by atoms with Crippen molar-refractivity contribution in [3.05, 3.63) is 57.6 Å². The minimum Gasteiger partial charge on any atom is -0.496 e. The third kappa shape index (κ3) is 2.54. The van der Waals surface area contributed by atoms with Gasteiger partial charge in [0, 0.05) is 15.6 Å². The summed E-state index contributed by atoms with van der Waals surface area (Å²) in [7, 11) is 1.62. The SMILES string of the molecule is COc1cc(C)c(Br)cc1C(O)C1COc2ccccc21. The highest BCUT2D eigenvalue weighted by Crippen LogP contribution is 2.44. The van der Waals surface area contributed by atoms with Crippen molar-refractivity contribution in [2.24, 2.45) is 0 Å². The van der Waals surface area contributed by atoms with Crippen molar-refractivity contribution in [1.29, 1.82) is 0 Å². The number of halogens is 1. The first-order valence-corrected chi connectivity index (χ1v) is 7.65. The lowest BCUT2D eigenvalue weighted by atomic mass is 9.90. The molecule has 0 bridgehead atoms. The Labute approximate surface area is 132 Å². The molecule has 3 nitrogen and oxygen atoms in total. The number of hydrogen-bond acceptors (Lipinski definition) is 3. The molecule has 4 heteroatoms. The van der Waals surface area contributed by atoms with Crippen LogP contribution in [0.3, 0.4) is 0 Å². The largest absolute Gasteiger partial charge is 0.496 e. The first-order chi connectivity index (χ1) is 10.1. The van der Waals surface area contributed by atoms with Crippen LogP contribution in [0.2, 0.25) is 0 Å². The Hall–Kier alpha value is -1.52. The van der Waals surface area contributed by atoms with Crippen LogP contribution in [-0.2, 0) is 0 Å². The van der Waals surface area contributed by atoms with Crippen LogP contribution in [0.4, 0.5) is 0 Å². The smallest absolute Gasteiger partial charge is 0.125 e. The Kier molecular flexibility index (Phi) is 3.91. The van der Waals surface area contributed by atoms with E-state index >= 15 is 0 Å². The van der Waals surface area contributed by atoms with Gasteiger partial charge in [0.15, 0.2) is 0 Å². The minimum atomic E-state index is -0.666. The molecule has 0 saturated heterocycles. The molecule has 2 unspecified atom stereocenters. The van der Waals surface area contributed by atoms with Crippen molar-refractivity contribution in [2.75, 3.05) is 13.7 Å². The van der Waals surface area contributed by atoms with Gasteiger partial charge in [-0.3, -0.25) is 0 Å². The van der Waals surface area contributed by atoms with Crippen molar-refractivity contribution >= 4 is 15.9 Å². The van der Waals surface area contributed by atoms with Crippen LogP contribution in [0, 0.1) is 6.92 Å². The number of aliphatic hydroxyl groups is 1. The zero-order valence-corrected chi connectivity index (χ0v) is 13.6. The zero-order chi connectivity index (χ0) is 15.0. The highest BCUT2D eigenvalue weighted by Gasteiger charge is 2.32. The summed E-state index contributed by atoms with van der Waals surface area (Å²) in [6.45, 7) is 2.48. The van der Waals surface area contributed by atoms with Crippen LogP contribution in [-0.4, -0.2) is 18.8 Å². The van der Waals surface area contributed by atoms with Crippen molar-refractivity contribution < 1.29 is 14.6 Å². The Morgan fingerprint density at radius 2 is 2.10 bits per heavy atom. The summed E-state index contributed by atoms with van der Waals surface area (Å²) in [4.78, 5) is 0. The molecule has 1 heterocycles. The number of fused-ring (bicyclic) bond motifs is 1. The van der Waals surface area contributed by atoms with Gasteiger partial charge in [-0.2, -0.15) is 0 Å². The van der Waals surface area contributed by atoms with E-state index in [9.17, 15) is 5.11 Å². The molecule has 1 aliphatic heterocycles. The van der Waals surface area contributed by atoms with Crippen LogP contribution < -0.4 is 9.47 Å². The number of hydrogen-bond donors (Lipinski definition) is 1. The third-order valence-electron chi connectivity index (χ3n) is 3.95. The van der Waals surface area contributed by atoms with Gasteiger partial charge in [0.1, 0.15) is 11.5 Å². The normalized spacial score (nSPS) is 18.0. The molecule has 110 valence electrons. The lowest BCUT2D eigenvalue weighted by Crippen LogP contribution is -2.13. The number of aliphatic hydroxyl groups excluding tert-OH is 1. The summed E-state index contributed by atoms with van der Waals surface area (Å²) in [5.41, 5.74) is 2.90. The quantitative estimate of drug-likeness (QED) is 0.911. The van der Waals surface area contributed by atoms with Crippen LogP contribution >= 0.6 is 15.9 Å². The molecule has 0 radical (unpaired) electrons. The number of benzene rings is 2. The van der Waals surface area contributed by atoms with E-state index in [4.69, 9.17) is 9.47 Å². The third-order valence-corrected chi connectivity index (χ3v) is 4.80. The molecule has 2 aromatic rings. The summed E-state index contributed by atoms with van der Waals surface area (Å²) in [5.74, 6) is 1.48. The number of para-hydroxylation sites is 1. The Balaban J connectivity index is 2.00. The van der Waals surface area contributed by atoms with E-state index in [-0.39, 0.29) is 5.92 Å². The van der Waals surface area contributed by atoms with Crippen LogP contribution in [0.5, 0.6) is 11.5 Å². The maximum atomic E-state index is 10.8. The molecule has 0 aliphatic carbocycles. The molecule has 1 aliphatic rings. The van der Waals surface area contributed by atoms with Gasteiger partial charge in [0.25, 0.3) is 0 Å². The van der Waals surface area contributed by atoms with Crippen molar-refractivity contribution in [3.63, 3.8) is 0 Å². The molecule has 0 aromatic heterocycles. The van der Waals surface area contributed by atoms with E-state index in [1.54, 1.807) is 7.11 Å². The Bertz CT molecular complexity index is 669. The van der Waals surface area contributed by atoms with Crippen LogP contribution in [0.25, 0.3) is 0 Å². The van der Waals surface area contributed by atoms with Gasteiger partial charge < -0.3 is 14.6 Å². The molecular formula is C17H17BrO3. The lowest BCUT2D eigenvalue weighted by Gasteiger charge is -2.21. The van der Waals surface area contributed by atoms with Crippen molar-refractivity contribution in [3.8, 4) is 11.5 Å². The van der Waals surface area contributed by atoms with Crippen molar-refractivity contribution in [1.82, 2.24) is 0 Å². The van der Waals surface area contributed by atoms with Gasteiger partial charge in [-0.1, -0.05) is 34.1 Å². The maximum Gasteiger partial charge on any atom is 0.125 e. The topological polar surface area (TPSA) is 38.7 Å². The monoisotopic (exact) mass is 348 g/mol. The lowest BCUT2D eigenvalue weighted by molar-refractivity contribution is 0.127. The molecule has 0 saturated carbocycles. The molecule has 0 spiro atoms. The minimum absolute atomic E-state index is 0.0790. The van der Waals surface area contributed by atoms with E-state index in [1.165, 1.54) is 0 Å². The zero-order valence-electron chi connectivity index (χ0n) is 12.0. The number of aryl methyl sites for hydroxylation is 1. The van der Waals surface area contributed by atoms with Crippen LogP contribution in [0.15, 0.2) is 40.9 Å². The second-order valence-corrected chi connectivity index (χ2v) is 6.10. The molecule has 0 amide bonds. The summed E-state index contributed by atoms with van der Waals surface area (Å²) >= 11 is 3.52. The molecule has 3 rings (SSSR count). The average molecular weight is 349 g/mol. The van der Waals surface area contributed by atoms with Crippen molar-refractivity contribution in [2.45, 2.75) is 18.9 Å². The standard InChI is InChI=1S/C17H17BrO3/c1-10-7-16(20-2)12(8-14(10)18)17(19)13-9-21-15-6-4-3-5-11(13)15/h3-8,13,17,19H,9H2,1-2H3. The molecule has 2 atom stereocenters. The second-order valence-electron chi connectivity index (χ2n) is 5.24. The highest BCUT2D eigenvalue weighted by molar-refractivity contribution is 9.10. The van der Waals surface area contributed by atoms with Gasteiger partial charge in [-0.15, -0.1) is 0 Å². The Morgan fingerprint density at radius 3 is 2.86 bits per heavy atom. The van der Waals surface area contributed by atoms with Gasteiger partial charge in [-0.25, -0.2) is 0 Å². The second kappa shape index (κ2) is 5.70. The maximum absolute atomic E-state index is 10.8. The fourth-order valence-corrected chi connectivity index (χ4v) is 3.11. The highest BCUT2D eigenvalue weighted by atomic mass is 79.9. The van der Waals surface area contributed by atoms with Gasteiger partial charge in [0.2, 0.25) is 0 Å². The number of methoxy groups -OCH3 is 1. The molecule has 1 N–H and O–H groups in total. The van der Waals surface area contributed by atoms with E-state index in [0.29, 0.717) is 12.4 Å². The molecule has 2 aromatic carbocycles. The molecule has 0 fully saturated rings.